The molecule has 0 spiro atoms. The van der Waals surface area contributed by atoms with Crippen molar-refractivity contribution in [1.82, 2.24) is 5.32 Å². The van der Waals surface area contributed by atoms with E-state index in [1.54, 1.807) is 0 Å². The molecule has 0 unspecified atom stereocenters. The Morgan fingerprint density at radius 2 is 2.00 bits per heavy atom. The van der Waals surface area contributed by atoms with E-state index in [9.17, 15) is 0 Å². The van der Waals surface area contributed by atoms with Gasteiger partial charge in [-0.3, -0.25) is 0 Å². The third-order valence-corrected chi connectivity index (χ3v) is 4.27. The van der Waals surface area contributed by atoms with Crippen molar-refractivity contribution in [3.63, 3.8) is 0 Å². The van der Waals surface area contributed by atoms with Gasteiger partial charge < -0.3 is 14.8 Å². The monoisotopic (exact) mass is 381 g/mol. The maximum atomic E-state index is 6.12. The van der Waals surface area contributed by atoms with E-state index in [0.29, 0.717) is 11.6 Å². The van der Waals surface area contributed by atoms with E-state index < -0.39 is 0 Å². The molecule has 0 radical (unpaired) electrons. The van der Waals surface area contributed by atoms with E-state index in [2.05, 4.69) is 28.2 Å². The molecule has 0 amide bonds. The van der Waals surface area contributed by atoms with Gasteiger partial charge in [0.25, 0.3) is 0 Å². The Kier molecular flexibility index (Phi) is 4.62. The molecule has 1 saturated heterocycles. The van der Waals surface area contributed by atoms with E-state index in [1.165, 1.54) is 0 Å². The highest BCUT2D eigenvalue weighted by atomic mass is 79.9. The van der Waals surface area contributed by atoms with E-state index in [0.717, 1.165) is 34.6 Å². The molecule has 1 fully saturated rings. The van der Waals surface area contributed by atoms with Gasteiger partial charge in [0, 0.05) is 22.6 Å². The first-order chi connectivity index (χ1) is 10.5. The van der Waals surface area contributed by atoms with E-state index in [4.69, 9.17) is 21.1 Å². The zero-order valence-corrected chi connectivity index (χ0v) is 14.6. The second kappa shape index (κ2) is 6.49. The van der Waals surface area contributed by atoms with Crippen LogP contribution in [0.2, 0.25) is 5.02 Å². The van der Waals surface area contributed by atoms with Gasteiger partial charge in [0.1, 0.15) is 12.2 Å². The fraction of sp³-hybridized carbons (Fsp3) is 0.294. The number of halogens is 2. The van der Waals surface area contributed by atoms with Crippen molar-refractivity contribution in [3.05, 3.63) is 57.5 Å². The average molecular weight is 383 g/mol. The summed E-state index contributed by atoms with van der Waals surface area (Å²) in [6.45, 7) is 4.22. The molecule has 2 aromatic rings. The molecule has 0 aliphatic carbocycles. The van der Waals surface area contributed by atoms with Crippen LogP contribution in [0.25, 0.3) is 0 Å². The van der Waals surface area contributed by atoms with Crippen LogP contribution in [0.1, 0.15) is 12.5 Å². The van der Waals surface area contributed by atoms with Crippen LogP contribution in [0.4, 0.5) is 0 Å². The lowest BCUT2D eigenvalue weighted by Crippen LogP contribution is -2.61. The highest BCUT2D eigenvalue weighted by molar-refractivity contribution is 9.10. The zero-order valence-electron chi connectivity index (χ0n) is 12.2. The lowest BCUT2D eigenvalue weighted by atomic mass is 10.00. The molecule has 1 heterocycles. The van der Waals surface area contributed by atoms with Crippen LogP contribution in [0.3, 0.4) is 0 Å². The molecule has 1 aliphatic heterocycles. The van der Waals surface area contributed by atoms with Crippen molar-refractivity contribution in [2.75, 3.05) is 13.1 Å². The van der Waals surface area contributed by atoms with Crippen molar-refractivity contribution in [1.29, 1.82) is 0 Å². The van der Waals surface area contributed by atoms with Crippen LogP contribution < -0.4 is 14.8 Å². The fourth-order valence-electron chi connectivity index (χ4n) is 2.28. The number of ether oxygens (including phenoxy) is 2. The smallest absolute Gasteiger partial charge is 0.163 e. The lowest BCUT2D eigenvalue weighted by Gasteiger charge is -2.39. The number of hydrogen-bond acceptors (Lipinski definition) is 3. The first kappa shape index (κ1) is 15.7. The van der Waals surface area contributed by atoms with Crippen LogP contribution in [0.5, 0.6) is 11.5 Å². The van der Waals surface area contributed by atoms with Gasteiger partial charge >= 0.3 is 0 Å². The first-order valence-corrected chi connectivity index (χ1v) is 8.28. The Balaban J connectivity index is 1.75. The van der Waals surface area contributed by atoms with E-state index in [-0.39, 0.29) is 5.60 Å². The molecule has 0 saturated carbocycles. The van der Waals surface area contributed by atoms with Gasteiger partial charge in [-0.1, -0.05) is 39.7 Å². The summed E-state index contributed by atoms with van der Waals surface area (Å²) in [5.74, 6) is 1.48. The Morgan fingerprint density at radius 1 is 1.18 bits per heavy atom. The zero-order chi connectivity index (χ0) is 15.6. The summed E-state index contributed by atoms with van der Waals surface area (Å²) in [5.41, 5.74) is 0.854. The molecular formula is C17H17BrClNO2. The largest absolute Gasteiger partial charge is 0.485 e. The number of hydrogen-bond donors (Lipinski definition) is 1. The summed E-state index contributed by atoms with van der Waals surface area (Å²) in [5, 5.41) is 3.94. The van der Waals surface area contributed by atoms with Crippen molar-refractivity contribution in [2.24, 2.45) is 0 Å². The maximum Gasteiger partial charge on any atom is 0.163 e. The summed E-state index contributed by atoms with van der Waals surface area (Å²) in [7, 11) is 0. The molecule has 0 bridgehead atoms. The minimum Gasteiger partial charge on any atom is -0.485 e. The minimum absolute atomic E-state index is 0.172. The quantitative estimate of drug-likeness (QED) is 0.830. The molecule has 1 aliphatic rings. The summed E-state index contributed by atoms with van der Waals surface area (Å²) in [6.07, 6.45) is 0. The van der Waals surface area contributed by atoms with E-state index >= 15 is 0 Å². The highest BCUT2D eigenvalue weighted by Gasteiger charge is 2.34. The summed E-state index contributed by atoms with van der Waals surface area (Å²) >= 11 is 9.48. The van der Waals surface area contributed by atoms with Gasteiger partial charge in [-0.05, 0) is 42.8 Å². The van der Waals surface area contributed by atoms with Gasteiger partial charge in [0.15, 0.2) is 11.5 Å². The number of rotatable bonds is 5. The van der Waals surface area contributed by atoms with Crippen molar-refractivity contribution >= 4 is 27.5 Å². The fourth-order valence-corrected chi connectivity index (χ4v) is 2.84. The van der Waals surface area contributed by atoms with Gasteiger partial charge in [0.2, 0.25) is 0 Å². The molecule has 5 heteroatoms. The van der Waals surface area contributed by atoms with Gasteiger partial charge in [-0.15, -0.1) is 0 Å². The SMILES string of the molecule is CC1(Oc2cc(Br)ccc2OCc2cccc(Cl)c2)CNC1. The van der Waals surface area contributed by atoms with Crippen LogP contribution in [0.15, 0.2) is 46.9 Å². The van der Waals surface area contributed by atoms with Gasteiger partial charge in [0.05, 0.1) is 0 Å². The van der Waals surface area contributed by atoms with Crippen LogP contribution >= 0.6 is 27.5 Å². The average Bonchev–Trinajstić information content (AvgIpc) is 2.45. The van der Waals surface area contributed by atoms with Crippen molar-refractivity contribution in [2.45, 2.75) is 19.1 Å². The summed E-state index contributed by atoms with van der Waals surface area (Å²) < 4.78 is 13.0. The molecule has 116 valence electrons. The molecule has 1 N–H and O–H groups in total. The Bertz CT molecular complexity index is 673. The Labute approximate surface area is 143 Å². The predicted molar refractivity (Wildman–Crippen MR) is 91.8 cm³/mol. The number of nitrogens with one attached hydrogen (secondary N) is 1. The molecule has 0 aromatic heterocycles. The van der Waals surface area contributed by atoms with Gasteiger partial charge in [-0.2, -0.15) is 0 Å². The summed E-state index contributed by atoms with van der Waals surface area (Å²) in [4.78, 5) is 0. The number of benzene rings is 2. The molecule has 22 heavy (non-hydrogen) atoms. The van der Waals surface area contributed by atoms with Crippen molar-refractivity contribution < 1.29 is 9.47 Å². The van der Waals surface area contributed by atoms with Crippen LogP contribution in [-0.4, -0.2) is 18.7 Å². The Morgan fingerprint density at radius 3 is 2.68 bits per heavy atom. The molecule has 3 rings (SSSR count). The molecule has 3 nitrogen and oxygen atoms in total. The third kappa shape index (κ3) is 3.75. The highest BCUT2D eigenvalue weighted by Crippen LogP contribution is 2.34. The second-order valence-corrected chi connectivity index (χ2v) is 7.02. The van der Waals surface area contributed by atoms with E-state index in [1.807, 2.05) is 42.5 Å². The first-order valence-electron chi connectivity index (χ1n) is 7.11. The van der Waals surface area contributed by atoms with Crippen molar-refractivity contribution in [3.8, 4) is 11.5 Å². The summed E-state index contributed by atoms with van der Waals surface area (Å²) in [6, 6.07) is 13.5. The predicted octanol–water partition coefficient (Wildman–Crippen LogP) is 4.42. The third-order valence-electron chi connectivity index (χ3n) is 3.54. The maximum absolute atomic E-state index is 6.12. The second-order valence-electron chi connectivity index (χ2n) is 5.67. The molecule has 2 aromatic carbocycles. The van der Waals surface area contributed by atoms with Gasteiger partial charge in [-0.25, -0.2) is 0 Å². The molecular weight excluding hydrogens is 366 g/mol. The minimum atomic E-state index is -0.172. The lowest BCUT2D eigenvalue weighted by molar-refractivity contribution is 0.0314. The normalized spacial score (nSPS) is 16.0. The Hall–Kier alpha value is -1.23. The van der Waals surface area contributed by atoms with Crippen LogP contribution in [0, 0.1) is 0 Å². The standard InChI is InChI=1S/C17H17BrClNO2/c1-17(10-20-11-17)22-16-8-13(18)5-6-15(16)21-9-12-3-2-4-14(19)7-12/h2-8,20H,9-11H2,1H3. The topological polar surface area (TPSA) is 30.5 Å². The van der Waals surface area contributed by atoms with Crippen LogP contribution in [-0.2, 0) is 6.61 Å². The molecule has 0 atom stereocenters.